The highest BCUT2D eigenvalue weighted by Gasteiger charge is 2.40. The second-order valence-corrected chi connectivity index (χ2v) is 5.29. The van der Waals surface area contributed by atoms with E-state index in [1.54, 1.807) is 45.2 Å². The van der Waals surface area contributed by atoms with Crippen LogP contribution in [-0.2, 0) is 19.1 Å². The van der Waals surface area contributed by atoms with E-state index in [9.17, 15) is 14.7 Å². The third-order valence-corrected chi connectivity index (χ3v) is 2.12. The van der Waals surface area contributed by atoms with Gasteiger partial charge in [0.25, 0.3) is 0 Å². The number of rotatable bonds is 3. The average Bonchev–Trinajstić information content (AvgIpc) is 2.27. The lowest BCUT2D eigenvalue weighted by Gasteiger charge is -2.28. The summed E-state index contributed by atoms with van der Waals surface area (Å²) < 4.78 is 9.75. The van der Waals surface area contributed by atoms with Gasteiger partial charge in [-0.25, -0.2) is 9.59 Å². The van der Waals surface area contributed by atoms with E-state index in [1.807, 2.05) is 0 Å². The van der Waals surface area contributed by atoms with E-state index in [4.69, 9.17) is 9.47 Å². The normalized spacial score (nSPS) is 21.2. The van der Waals surface area contributed by atoms with Gasteiger partial charge in [0.1, 0.15) is 11.6 Å². The molecule has 0 aromatic carbocycles. The smallest absolute Gasteiger partial charge is 0.379 e. The molecule has 0 fully saturated rings. The van der Waals surface area contributed by atoms with Gasteiger partial charge in [0, 0.05) is 6.92 Å². The zero-order chi connectivity index (χ0) is 14.7. The monoisotopic (exact) mass is 269 g/mol. The Kier molecular flexibility index (Phi) is 4.36. The lowest BCUT2D eigenvalue weighted by molar-refractivity contribution is -0.229. The molecule has 0 spiro atoms. The van der Waals surface area contributed by atoms with Crippen molar-refractivity contribution in [2.75, 3.05) is 0 Å². The standard InChI is InChI=1S/C13H19NO5/c1-12(2,3)19-11(16)13(4,17)18-10(15)9-7-5-6-8-14-9/h5-9,14,17H,1-4H3/t9-,13-/m1/s1. The van der Waals surface area contributed by atoms with Crippen LogP contribution in [0.1, 0.15) is 27.7 Å². The predicted octanol–water partition coefficient (Wildman–Crippen LogP) is 0.621. The van der Waals surface area contributed by atoms with Gasteiger partial charge in [-0.05, 0) is 33.0 Å². The summed E-state index contributed by atoms with van der Waals surface area (Å²) in [5.74, 6) is -4.10. The SMILES string of the molecule is CC(C)(C)OC(=O)[C@](C)(O)OC(=O)[C@H]1C=CC=CN1. The Bertz CT molecular complexity index is 417. The molecule has 1 aliphatic heterocycles. The Balaban J connectivity index is 2.63. The van der Waals surface area contributed by atoms with E-state index in [2.05, 4.69) is 5.32 Å². The molecule has 106 valence electrons. The molecule has 2 atom stereocenters. The second-order valence-electron chi connectivity index (χ2n) is 5.29. The molecule has 1 aliphatic rings. The molecule has 1 heterocycles. The van der Waals surface area contributed by atoms with Crippen molar-refractivity contribution in [2.45, 2.75) is 45.1 Å². The quantitative estimate of drug-likeness (QED) is 0.577. The summed E-state index contributed by atoms with van der Waals surface area (Å²) in [6.07, 6.45) is 6.47. The highest BCUT2D eigenvalue weighted by Crippen LogP contribution is 2.16. The summed E-state index contributed by atoms with van der Waals surface area (Å²) in [5, 5.41) is 12.6. The van der Waals surface area contributed by atoms with Crippen LogP contribution < -0.4 is 5.32 Å². The number of dihydropyridines is 1. The number of esters is 2. The maximum Gasteiger partial charge on any atom is 0.379 e. The molecule has 0 saturated carbocycles. The number of carbonyl (C=O) groups excluding carboxylic acids is 2. The molecular weight excluding hydrogens is 250 g/mol. The van der Waals surface area contributed by atoms with Gasteiger partial charge in [-0.15, -0.1) is 0 Å². The molecule has 0 amide bonds. The van der Waals surface area contributed by atoms with Crippen LogP contribution in [0.15, 0.2) is 24.4 Å². The Morgan fingerprint density at radius 1 is 1.16 bits per heavy atom. The minimum absolute atomic E-state index is 0.737. The van der Waals surface area contributed by atoms with Crippen molar-refractivity contribution in [1.82, 2.24) is 5.32 Å². The molecule has 1 rings (SSSR count). The van der Waals surface area contributed by atoms with E-state index < -0.39 is 29.4 Å². The first-order chi connectivity index (χ1) is 8.62. The number of aliphatic hydroxyl groups is 1. The average molecular weight is 269 g/mol. The highest BCUT2D eigenvalue weighted by atomic mass is 16.7. The summed E-state index contributed by atoms with van der Waals surface area (Å²) in [5.41, 5.74) is -0.779. The number of hydrogen-bond donors (Lipinski definition) is 2. The van der Waals surface area contributed by atoms with Crippen molar-refractivity contribution in [3.63, 3.8) is 0 Å². The zero-order valence-corrected chi connectivity index (χ0v) is 11.5. The fourth-order valence-corrected chi connectivity index (χ4v) is 1.27. The van der Waals surface area contributed by atoms with Gasteiger partial charge in [0.05, 0.1) is 0 Å². The van der Waals surface area contributed by atoms with Crippen LogP contribution in [0.25, 0.3) is 0 Å². The first-order valence-corrected chi connectivity index (χ1v) is 5.90. The highest BCUT2D eigenvalue weighted by molar-refractivity contribution is 5.84. The molecule has 0 unspecified atom stereocenters. The van der Waals surface area contributed by atoms with Crippen molar-refractivity contribution in [3.8, 4) is 0 Å². The molecule has 2 N–H and O–H groups in total. The van der Waals surface area contributed by atoms with Gasteiger partial charge in [0.2, 0.25) is 0 Å². The summed E-state index contributed by atoms with van der Waals surface area (Å²) in [7, 11) is 0. The van der Waals surface area contributed by atoms with Gasteiger partial charge >= 0.3 is 17.7 Å². The van der Waals surface area contributed by atoms with Crippen LogP contribution in [0.5, 0.6) is 0 Å². The van der Waals surface area contributed by atoms with Gasteiger partial charge in [-0.2, -0.15) is 0 Å². The minimum Gasteiger partial charge on any atom is -0.455 e. The largest absolute Gasteiger partial charge is 0.455 e. The van der Waals surface area contributed by atoms with Crippen molar-refractivity contribution in [3.05, 3.63) is 24.4 Å². The van der Waals surface area contributed by atoms with E-state index in [-0.39, 0.29) is 0 Å². The molecule has 6 heteroatoms. The first kappa shape index (κ1) is 15.2. The van der Waals surface area contributed by atoms with Crippen molar-refractivity contribution in [1.29, 1.82) is 0 Å². The van der Waals surface area contributed by atoms with Gasteiger partial charge < -0.3 is 19.9 Å². The van der Waals surface area contributed by atoms with Crippen LogP contribution in [0, 0.1) is 0 Å². The van der Waals surface area contributed by atoms with Crippen LogP contribution in [0.3, 0.4) is 0 Å². The number of ether oxygens (including phenoxy) is 2. The Morgan fingerprint density at radius 2 is 1.79 bits per heavy atom. The van der Waals surface area contributed by atoms with Crippen LogP contribution in [-0.4, -0.2) is 34.5 Å². The first-order valence-electron chi connectivity index (χ1n) is 5.90. The van der Waals surface area contributed by atoms with E-state index >= 15 is 0 Å². The second kappa shape index (κ2) is 5.44. The van der Waals surface area contributed by atoms with Crippen LogP contribution >= 0.6 is 0 Å². The molecule has 0 aromatic rings. The summed E-state index contributed by atoms with van der Waals surface area (Å²) in [6, 6.07) is -0.737. The molecule has 0 radical (unpaired) electrons. The lowest BCUT2D eigenvalue weighted by Crippen LogP contribution is -2.48. The Labute approximate surface area is 112 Å². The number of hydrogen-bond acceptors (Lipinski definition) is 6. The van der Waals surface area contributed by atoms with Crippen molar-refractivity contribution < 1.29 is 24.2 Å². The van der Waals surface area contributed by atoms with E-state index in [0.29, 0.717) is 0 Å². The topological polar surface area (TPSA) is 84.9 Å². The van der Waals surface area contributed by atoms with Crippen molar-refractivity contribution in [2.24, 2.45) is 0 Å². The molecule has 6 nitrogen and oxygen atoms in total. The van der Waals surface area contributed by atoms with Gasteiger partial charge in [-0.3, -0.25) is 0 Å². The van der Waals surface area contributed by atoms with Gasteiger partial charge in [-0.1, -0.05) is 12.2 Å². The summed E-state index contributed by atoms with van der Waals surface area (Å²) in [6.45, 7) is 6.03. The maximum absolute atomic E-state index is 11.7. The summed E-state index contributed by atoms with van der Waals surface area (Å²) >= 11 is 0. The predicted molar refractivity (Wildman–Crippen MR) is 67.8 cm³/mol. The fourth-order valence-electron chi connectivity index (χ4n) is 1.27. The molecule has 0 saturated heterocycles. The molecule has 0 bridgehead atoms. The molecular formula is C13H19NO5. The van der Waals surface area contributed by atoms with Gasteiger partial charge in [0.15, 0.2) is 0 Å². The molecule has 0 aromatic heterocycles. The lowest BCUT2D eigenvalue weighted by atomic mass is 10.2. The third kappa shape index (κ3) is 4.75. The maximum atomic E-state index is 11.7. The minimum atomic E-state index is -2.32. The van der Waals surface area contributed by atoms with E-state index in [0.717, 1.165) is 6.92 Å². The van der Waals surface area contributed by atoms with E-state index in [1.165, 1.54) is 0 Å². The summed E-state index contributed by atoms with van der Waals surface area (Å²) in [4.78, 5) is 23.4. The van der Waals surface area contributed by atoms with Crippen LogP contribution in [0.2, 0.25) is 0 Å². The van der Waals surface area contributed by atoms with Crippen molar-refractivity contribution >= 4 is 11.9 Å². The fraction of sp³-hybridized carbons (Fsp3) is 0.538. The number of carbonyl (C=O) groups is 2. The molecule has 0 aliphatic carbocycles. The number of nitrogens with one attached hydrogen (secondary N) is 1. The van der Waals surface area contributed by atoms with Crippen LogP contribution in [0.4, 0.5) is 0 Å². The Hall–Kier alpha value is -1.82. The zero-order valence-electron chi connectivity index (χ0n) is 11.5. The molecule has 19 heavy (non-hydrogen) atoms. The third-order valence-electron chi connectivity index (χ3n) is 2.12. The Morgan fingerprint density at radius 3 is 2.26 bits per heavy atom. The number of allylic oxidation sites excluding steroid dienone is 2.